The third-order valence-electron chi connectivity index (χ3n) is 6.57. The fourth-order valence-electron chi connectivity index (χ4n) is 4.78. The number of nitrogens with zero attached hydrogens (tertiary/aromatic N) is 5. The monoisotopic (exact) mass is 553 g/mol. The van der Waals surface area contributed by atoms with Crippen molar-refractivity contribution in [3.63, 3.8) is 0 Å². The summed E-state index contributed by atoms with van der Waals surface area (Å²) in [4.78, 5) is 19.2. The molecule has 0 fully saturated rings. The van der Waals surface area contributed by atoms with Gasteiger partial charge in [-0.1, -0.05) is 76.6 Å². The van der Waals surface area contributed by atoms with Gasteiger partial charge in [0.05, 0.1) is 16.6 Å². The first kappa shape index (κ1) is 22.5. The summed E-state index contributed by atoms with van der Waals surface area (Å²) >= 11 is 3.63. The topological polar surface area (TPSA) is 56.5 Å². The third-order valence-corrected chi connectivity index (χ3v) is 7.06. The Morgan fingerprint density at radius 2 is 1.11 bits per heavy atom. The molecule has 0 aliphatic heterocycles. The lowest BCUT2D eigenvalue weighted by atomic mass is 10.1. The molecule has 0 N–H and O–H groups in total. The summed E-state index contributed by atoms with van der Waals surface area (Å²) in [7, 11) is 0. The van der Waals surface area contributed by atoms with E-state index in [-0.39, 0.29) is 0 Å². The molecule has 180 valence electrons. The summed E-state index contributed by atoms with van der Waals surface area (Å²) in [6.07, 6.45) is 1.84. The van der Waals surface area contributed by atoms with E-state index in [1.165, 1.54) is 0 Å². The molecule has 0 amide bonds. The van der Waals surface area contributed by atoms with Gasteiger partial charge in [-0.3, -0.25) is 4.98 Å². The van der Waals surface area contributed by atoms with Crippen LogP contribution in [0.4, 0.5) is 0 Å². The summed E-state index contributed by atoms with van der Waals surface area (Å²) in [5.74, 6) is 1.93. The van der Waals surface area contributed by atoms with Crippen LogP contribution in [0.3, 0.4) is 0 Å². The SMILES string of the molecule is Brc1ccc2c3ncccc3n(-c3ccc(-c4nc(-c5ccccc5)nc(-c5ccccc5)n4)cc3)c2c1. The van der Waals surface area contributed by atoms with Gasteiger partial charge < -0.3 is 4.57 Å². The fraction of sp³-hybridized carbons (Fsp3) is 0. The van der Waals surface area contributed by atoms with E-state index in [9.17, 15) is 0 Å². The van der Waals surface area contributed by atoms with Crippen LogP contribution in [0.2, 0.25) is 0 Å². The second-order valence-corrected chi connectivity index (χ2v) is 9.87. The highest BCUT2D eigenvalue weighted by Crippen LogP contribution is 2.33. The molecule has 3 heterocycles. The minimum Gasteiger partial charge on any atom is -0.308 e. The normalized spacial score (nSPS) is 11.3. The molecule has 5 nitrogen and oxygen atoms in total. The van der Waals surface area contributed by atoms with Gasteiger partial charge in [-0.25, -0.2) is 15.0 Å². The van der Waals surface area contributed by atoms with Crippen molar-refractivity contribution in [3.05, 3.63) is 126 Å². The molecule has 0 radical (unpaired) electrons. The number of rotatable bonds is 4. The molecule has 0 aliphatic rings. The van der Waals surface area contributed by atoms with E-state index in [4.69, 9.17) is 15.0 Å². The number of fused-ring (bicyclic) bond motifs is 3. The molecule has 3 aromatic heterocycles. The van der Waals surface area contributed by atoms with E-state index >= 15 is 0 Å². The first-order chi connectivity index (χ1) is 18.7. The maximum Gasteiger partial charge on any atom is 0.164 e. The zero-order chi connectivity index (χ0) is 25.5. The Bertz CT molecular complexity index is 1860. The predicted octanol–water partition coefficient (Wildman–Crippen LogP) is 8.13. The molecule has 0 atom stereocenters. The lowest BCUT2D eigenvalue weighted by Gasteiger charge is -2.10. The smallest absolute Gasteiger partial charge is 0.164 e. The highest BCUT2D eigenvalue weighted by Gasteiger charge is 2.15. The minimum atomic E-state index is 0.635. The highest BCUT2D eigenvalue weighted by atomic mass is 79.9. The zero-order valence-electron chi connectivity index (χ0n) is 20.2. The van der Waals surface area contributed by atoms with Gasteiger partial charge in [0, 0.05) is 38.4 Å². The maximum atomic E-state index is 4.86. The van der Waals surface area contributed by atoms with Gasteiger partial charge in [0.1, 0.15) is 0 Å². The standard InChI is InChI=1S/C32H20BrN5/c33-24-15-18-26-28(20-24)38(27-12-7-19-34-29(26)27)25-16-13-23(14-17-25)32-36-30(21-8-3-1-4-9-21)35-31(37-32)22-10-5-2-6-11-22/h1-20H. The average molecular weight is 554 g/mol. The Balaban J connectivity index is 1.37. The molecule has 0 saturated heterocycles. The molecule has 6 heteroatoms. The molecule has 7 aromatic rings. The van der Waals surface area contributed by atoms with Crippen molar-refractivity contribution >= 4 is 37.9 Å². The maximum absolute atomic E-state index is 4.86. The van der Waals surface area contributed by atoms with E-state index in [2.05, 4.69) is 74.0 Å². The largest absolute Gasteiger partial charge is 0.308 e. The van der Waals surface area contributed by atoms with E-state index in [0.717, 1.165) is 48.8 Å². The minimum absolute atomic E-state index is 0.635. The van der Waals surface area contributed by atoms with Crippen molar-refractivity contribution in [1.29, 1.82) is 0 Å². The van der Waals surface area contributed by atoms with Crippen LogP contribution in [0.25, 0.3) is 61.8 Å². The summed E-state index contributed by atoms with van der Waals surface area (Å²) < 4.78 is 3.27. The third kappa shape index (κ3) is 3.96. The van der Waals surface area contributed by atoms with E-state index in [1.54, 1.807) is 0 Å². The molecule has 0 spiro atoms. The summed E-state index contributed by atoms with van der Waals surface area (Å²) in [6.45, 7) is 0. The van der Waals surface area contributed by atoms with Crippen LogP contribution in [0.1, 0.15) is 0 Å². The Labute approximate surface area is 227 Å². The van der Waals surface area contributed by atoms with Gasteiger partial charge in [-0.2, -0.15) is 0 Å². The first-order valence-electron chi connectivity index (χ1n) is 12.3. The van der Waals surface area contributed by atoms with Crippen LogP contribution in [0.5, 0.6) is 0 Å². The Morgan fingerprint density at radius 3 is 1.71 bits per heavy atom. The molecule has 7 rings (SSSR count). The van der Waals surface area contributed by atoms with Gasteiger partial charge >= 0.3 is 0 Å². The molecule has 0 aliphatic carbocycles. The van der Waals surface area contributed by atoms with Crippen molar-refractivity contribution in [2.45, 2.75) is 0 Å². The number of hydrogen-bond donors (Lipinski definition) is 0. The molecule has 38 heavy (non-hydrogen) atoms. The zero-order valence-corrected chi connectivity index (χ0v) is 21.7. The molecular weight excluding hydrogens is 534 g/mol. The summed E-state index contributed by atoms with van der Waals surface area (Å²) in [5.41, 5.74) is 7.01. The van der Waals surface area contributed by atoms with Gasteiger partial charge in [0.15, 0.2) is 17.5 Å². The Kier molecular flexibility index (Phi) is 5.52. The quantitative estimate of drug-likeness (QED) is 0.221. The van der Waals surface area contributed by atoms with Crippen molar-refractivity contribution in [1.82, 2.24) is 24.5 Å². The van der Waals surface area contributed by atoms with Gasteiger partial charge in [-0.15, -0.1) is 0 Å². The van der Waals surface area contributed by atoms with Gasteiger partial charge in [0.2, 0.25) is 0 Å². The van der Waals surface area contributed by atoms with Crippen LogP contribution >= 0.6 is 15.9 Å². The van der Waals surface area contributed by atoms with Crippen LogP contribution in [-0.4, -0.2) is 24.5 Å². The molecule has 0 unspecified atom stereocenters. The average Bonchev–Trinajstić information content (AvgIpc) is 3.31. The number of aromatic nitrogens is 5. The fourth-order valence-corrected chi connectivity index (χ4v) is 5.13. The predicted molar refractivity (Wildman–Crippen MR) is 156 cm³/mol. The van der Waals surface area contributed by atoms with Crippen LogP contribution in [-0.2, 0) is 0 Å². The Hall–Kier alpha value is -4.68. The van der Waals surface area contributed by atoms with Gasteiger partial charge in [-0.05, 0) is 54.6 Å². The van der Waals surface area contributed by atoms with Crippen molar-refractivity contribution in [2.24, 2.45) is 0 Å². The van der Waals surface area contributed by atoms with E-state index in [0.29, 0.717) is 17.5 Å². The molecule has 0 saturated carbocycles. The van der Waals surface area contributed by atoms with Crippen molar-refractivity contribution in [3.8, 4) is 39.9 Å². The lowest BCUT2D eigenvalue weighted by molar-refractivity contribution is 1.07. The van der Waals surface area contributed by atoms with Crippen molar-refractivity contribution in [2.75, 3.05) is 0 Å². The van der Waals surface area contributed by atoms with Crippen molar-refractivity contribution < 1.29 is 0 Å². The number of pyridine rings is 1. The summed E-state index contributed by atoms with van der Waals surface area (Å²) in [6, 6.07) is 38.8. The Morgan fingerprint density at radius 1 is 0.526 bits per heavy atom. The number of benzene rings is 4. The molecular formula is C32H20BrN5. The second kappa shape index (κ2) is 9.32. The van der Waals surface area contributed by atoms with Crippen LogP contribution < -0.4 is 0 Å². The number of hydrogen-bond acceptors (Lipinski definition) is 4. The lowest BCUT2D eigenvalue weighted by Crippen LogP contribution is -2.00. The van der Waals surface area contributed by atoms with E-state index < -0.39 is 0 Å². The first-order valence-corrected chi connectivity index (χ1v) is 13.1. The summed E-state index contributed by atoms with van der Waals surface area (Å²) in [5, 5.41) is 1.12. The van der Waals surface area contributed by atoms with E-state index in [1.807, 2.05) is 72.9 Å². The molecule has 0 bridgehead atoms. The number of halogens is 1. The van der Waals surface area contributed by atoms with Crippen LogP contribution in [0.15, 0.2) is 126 Å². The molecule has 4 aromatic carbocycles. The van der Waals surface area contributed by atoms with Gasteiger partial charge in [0.25, 0.3) is 0 Å². The highest BCUT2D eigenvalue weighted by molar-refractivity contribution is 9.10. The van der Waals surface area contributed by atoms with Crippen LogP contribution in [0, 0.1) is 0 Å². The second-order valence-electron chi connectivity index (χ2n) is 8.95.